The normalized spacial score (nSPS) is 38.1. The molecule has 1 saturated heterocycles. The van der Waals surface area contributed by atoms with Gasteiger partial charge in [0.15, 0.2) is 0 Å². The molecule has 0 aromatic carbocycles. The number of hydrogen-bond acceptors (Lipinski definition) is 2. The third-order valence-corrected chi connectivity index (χ3v) is 2.70. The van der Waals surface area contributed by atoms with Crippen molar-refractivity contribution in [2.24, 2.45) is 0 Å². The van der Waals surface area contributed by atoms with Gasteiger partial charge in [-0.05, 0) is 24.1 Å². The highest BCUT2D eigenvalue weighted by Crippen LogP contribution is 2.29. The summed E-state index contributed by atoms with van der Waals surface area (Å²) in [4.78, 5) is 4.89. The molecule has 0 spiro atoms. The van der Waals surface area contributed by atoms with E-state index in [-0.39, 0.29) is 6.04 Å². The van der Waals surface area contributed by atoms with E-state index in [9.17, 15) is 8.78 Å². The molecule has 2 nitrogen and oxygen atoms in total. The molecule has 5 heteroatoms. The Kier molecular flexibility index (Phi) is 2.85. The van der Waals surface area contributed by atoms with Gasteiger partial charge in [0.1, 0.15) is 12.0 Å². The summed E-state index contributed by atoms with van der Waals surface area (Å²) in [6.45, 7) is 0.507. The van der Waals surface area contributed by atoms with E-state index in [0.717, 1.165) is 6.08 Å². The molecule has 1 N–H and O–H groups in total. The first-order valence-electron chi connectivity index (χ1n) is 4.43. The maximum Gasteiger partial charge on any atom is 0.143 e. The Balaban J connectivity index is 2.19. The Morgan fingerprint density at radius 3 is 3.00 bits per heavy atom. The van der Waals surface area contributed by atoms with Crippen LogP contribution in [0, 0.1) is 0 Å². The number of allylic oxidation sites excluding steroid dienone is 3. The van der Waals surface area contributed by atoms with Crippen molar-refractivity contribution in [3.63, 3.8) is 0 Å². The number of halogens is 3. The van der Waals surface area contributed by atoms with E-state index < -0.39 is 17.4 Å². The van der Waals surface area contributed by atoms with Crippen molar-refractivity contribution in [1.82, 2.24) is 5.48 Å². The predicted octanol–water partition coefficient (Wildman–Crippen LogP) is 2.02. The van der Waals surface area contributed by atoms with Crippen LogP contribution in [0.15, 0.2) is 23.6 Å². The quantitative estimate of drug-likeness (QED) is 0.684. The minimum atomic E-state index is -1.34. The third-order valence-electron chi connectivity index (χ3n) is 2.36. The largest absolute Gasteiger partial charge is 0.301 e. The lowest BCUT2D eigenvalue weighted by Crippen LogP contribution is -2.33. The maximum atomic E-state index is 13.6. The molecule has 14 heavy (non-hydrogen) atoms. The average molecular weight is 222 g/mol. The summed E-state index contributed by atoms with van der Waals surface area (Å²) in [7, 11) is 0. The zero-order valence-electron chi connectivity index (χ0n) is 7.34. The molecular formula is C9H10ClF2NO. The number of nitrogens with one attached hydrogen (secondary N) is 1. The standard InChI is InChI=1S/C9H10ClF2NO/c10-7-4-5(11)3-6(9(7)12)8-1-2-14-13-8/h3-4,7-9,13H,1-2H2. The first-order valence-corrected chi connectivity index (χ1v) is 4.86. The van der Waals surface area contributed by atoms with Crippen LogP contribution in [0.25, 0.3) is 0 Å². The first kappa shape index (κ1) is 10.1. The molecule has 3 unspecified atom stereocenters. The smallest absolute Gasteiger partial charge is 0.143 e. The maximum absolute atomic E-state index is 13.6. The molecule has 3 atom stereocenters. The molecule has 0 saturated carbocycles. The average Bonchev–Trinajstić information content (AvgIpc) is 2.63. The van der Waals surface area contributed by atoms with E-state index in [4.69, 9.17) is 16.4 Å². The highest BCUT2D eigenvalue weighted by Gasteiger charge is 2.32. The Labute approximate surface area is 85.5 Å². The monoisotopic (exact) mass is 221 g/mol. The molecule has 78 valence electrons. The number of hydrogen-bond donors (Lipinski definition) is 1. The summed E-state index contributed by atoms with van der Waals surface area (Å²) < 4.78 is 26.5. The van der Waals surface area contributed by atoms with E-state index in [1.54, 1.807) is 0 Å². The Bertz CT molecular complexity index is 287. The molecule has 1 aliphatic carbocycles. The van der Waals surface area contributed by atoms with E-state index >= 15 is 0 Å². The van der Waals surface area contributed by atoms with Gasteiger partial charge >= 0.3 is 0 Å². The van der Waals surface area contributed by atoms with Crippen LogP contribution in [0.2, 0.25) is 0 Å². The second-order valence-corrected chi connectivity index (χ2v) is 3.85. The van der Waals surface area contributed by atoms with Gasteiger partial charge in [-0.2, -0.15) is 5.48 Å². The fraction of sp³-hybridized carbons (Fsp3) is 0.556. The lowest BCUT2D eigenvalue weighted by Gasteiger charge is -2.23. The zero-order chi connectivity index (χ0) is 10.1. The minimum absolute atomic E-state index is 0.259. The van der Waals surface area contributed by atoms with E-state index in [1.165, 1.54) is 6.08 Å². The topological polar surface area (TPSA) is 21.3 Å². The van der Waals surface area contributed by atoms with Crippen molar-refractivity contribution >= 4 is 11.6 Å². The van der Waals surface area contributed by atoms with E-state index in [1.807, 2.05) is 0 Å². The van der Waals surface area contributed by atoms with Gasteiger partial charge in [0.2, 0.25) is 0 Å². The van der Waals surface area contributed by atoms with Crippen molar-refractivity contribution in [1.29, 1.82) is 0 Å². The van der Waals surface area contributed by atoms with Gasteiger partial charge < -0.3 is 4.84 Å². The summed E-state index contributed by atoms with van der Waals surface area (Å²) in [6.07, 6.45) is 1.57. The van der Waals surface area contributed by atoms with Crippen LogP contribution in [-0.4, -0.2) is 24.2 Å². The molecule has 1 heterocycles. The minimum Gasteiger partial charge on any atom is -0.301 e. The SMILES string of the molecule is FC1=CC(Cl)C(F)C(C2CCON2)=C1. The number of alkyl halides is 2. The van der Waals surface area contributed by atoms with Gasteiger partial charge in [0.25, 0.3) is 0 Å². The number of hydroxylamine groups is 1. The van der Waals surface area contributed by atoms with Gasteiger partial charge in [0, 0.05) is 0 Å². The van der Waals surface area contributed by atoms with Gasteiger partial charge in [-0.25, -0.2) is 8.78 Å². The second kappa shape index (κ2) is 3.96. The fourth-order valence-electron chi connectivity index (χ4n) is 1.63. The Hall–Kier alpha value is -0.450. The van der Waals surface area contributed by atoms with E-state index in [0.29, 0.717) is 18.6 Å². The molecule has 0 bridgehead atoms. The summed E-state index contributed by atoms with van der Waals surface area (Å²) >= 11 is 5.63. The van der Waals surface area contributed by atoms with E-state index in [2.05, 4.69) is 5.48 Å². The van der Waals surface area contributed by atoms with Gasteiger partial charge in [-0.1, -0.05) is 0 Å². The van der Waals surface area contributed by atoms with Crippen LogP contribution >= 0.6 is 11.6 Å². The predicted molar refractivity (Wildman–Crippen MR) is 49.3 cm³/mol. The molecule has 0 aromatic rings. The van der Waals surface area contributed by atoms with Crippen molar-refractivity contribution in [2.45, 2.75) is 24.0 Å². The lowest BCUT2D eigenvalue weighted by atomic mass is 9.94. The van der Waals surface area contributed by atoms with Crippen molar-refractivity contribution in [2.75, 3.05) is 6.61 Å². The van der Waals surface area contributed by atoms with Crippen LogP contribution < -0.4 is 5.48 Å². The van der Waals surface area contributed by atoms with Crippen LogP contribution in [0.1, 0.15) is 6.42 Å². The van der Waals surface area contributed by atoms with Gasteiger partial charge in [0.05, 0.1) is 18.0 Å². The van der Waals surface area contributed by atoms with Gasteiger partial charge in [-0.3, -0.25) is 0 Å². The molecule has 0 radical (unpaired) electrons. The summed E-state index contributed by atoms with van der Waals surface area (Å²) in [6, 6.07) is -0.259. The highest BCUT2D eigenvalue weighted by atomic mass is 35.5. The fourth-order valence-corrected chi connectivity index (χ4v) is 1.90. The van der Waals surface area contributed by atoms with Crippen LogP contribution in [0.3, 0.4) is 0 Å². The number of rotatable bonds is 1. The van der Waals surface area contributed by atoms with Crippen LogP contribution in [0.4, 0.5) is 8.78 Å². The Morgan fingerprint density at radius 1 is 1.57 bits per heavy atom. The summed E-state index contributed by atoms with van der Waals surface area (Å²) in [5.74, 6) is -0.484. The molecule has 1 aliphatic heterocycles. The van der Waals surface area contributed by atoms with Crippen molar-refractivity contribution in [3.05, 3.63) is 23.6 Å². The van der Waals surface area contributed by atoms with Crippen molar-refractivity contribution in [3.8, 4) is 0 Å². The molecule has 0 aromatic heterocycles. The van der Waals surface area contributed by atoms with Crippen LogP contribution in [0.5, 0.6) is 0 Å². The zero-order valence-corrected chi connectivity index (χ0v) is 8.10. The molecular weight excluding hydrogens is 212 g/mol. The summed E-state index contributed by atoms with van der Waals surface area (Å²) in [5, 5.41) is -0.919. The van der Waals surface area contributed by atoms with Gasteiger partial charge in [-0.15, -0.1) is 11.6 Å². The lowest BCUT2D eigenvalue weighted by molar-refractivity contribution is 0.0908. The molecule has 0 amide bonds. The third kappa shape index (κ3) is 1.82. The highest BCUT2D eigenvalue weighted by molar-refractivity contribution is 6.22. The second-order valence-electron chi connectivity index (χ2n) is 3.35. The molecule has 2 rings (SSSR count). The molecule has 2 aliphatic rings. The van der Waals surface area contributed by atoms with Crippen molar-refractivity contribution < 1.29 is 13.6 Å². The molecule has 1 fully saturated rings. The Morgan fingerprint density at radius 2 is 2.36 bits per heavy atom. The van der Waals surface area contributed by atoms with Crippen LogP contribution in [-0.2, 0) is 4.84 Å². The summed E-state index contributed by atoms with van der Waals surface area (Å²) in [5.41, 5.74) is 2.97. The first-order chi connectivity index (χ1) is 6.68.